The van der Waals surface area contributed by atoms with Crippen LogP contribution in [0.15, 0.2) is 24.2 Å². The van der Waals surface area contributed by atoms with E-state index in [1.807, 2.05) is 0 Å². The monoisotopic (exact) mass is 210 g/mol. The van der Waals surface area contributed by atoms with E-state index in [9.17, 15) is 9.59 Å². The van der Waals surface area contributed by atoms with E-state index >= 15 is 0 Å². The number of Topliss-reactive ketones (excluding diaryl/α,β-unsaturated/α-hetero) is 1. The summed E-state index contributed by atoms with van der Waals surface area (Å²) in [7, 11) is 0. The van der Waals surface area contributed by atoms with Crippen LogP contribution in [-0.4, -0.2) is 22.9 Å². The number of carbonyl (C=O) groups excluding carboxylic acids is 1. The van der Waals surface area contributed by atoms with Crippen molar-refractivity contribution in [3.05, 3.63) is 29.8 Å². The smallest absolute Gasteiger partial charge is 0.320 e. The number of carbonyl (C=O) groups is 2. The summed E-state index contributed by atoms with van der Waals surface area (Å²) in [5.74, 6) is -1.90. The third-order valence-corrected chi connectivity index (χ3v) is 1.83. The summed E-state index contributed by atoms with van der Waals surface area (Å²) < 4.78 is 14.8. The number of rotatable bonds is 4. The third-order valence-electron chi connectivity index (χ3n) is 1.83. The Kier molecular flexibility index (Phi) is 2.57. The fraction of sp³-hybridized carbons (Fsp3) is 0.200. The molecule has 0 radical (unpaired) electrons. The molecule has 0 aliphatic rings. The third kappa shape index (κ3) is 2.78. The molecule has 0 heterocycles. The van der Waals surface area contributed by atoms with Gasteiger partial charge in [-0.1, -0.05) is 12.1 Å². The van der Waals surface area contributed by atoms with Gasteiger partial charge in [0.1, 0.15) is 6.04 Å². The molecule has 15 heavy (non-hydrogen) atoms. The van der Waals surface area contributed by atoms with Crippen LogP contribution in [0.5, 0.6) is 0 Å². The maximum absolute atomic E-state index is 11.7. The van der Waals surface area contributed by atoms with Crippen LogP contribution >= 0.6 is 0 Å². The van der Waals surface area contributed by atoms with Crippen LogP contribution in [0.2, 0.25) is 0 Å². The molecule has 5 N–H and O–H groups in total. The number of carboxylic acids is 1. The zero-order valence-corrected chi connectivity index (χ0v) is 7.86. The van der Waals surface area contributed by atoms with Gasteiger partial charge in [0, 0.05) is 17.7 Å². The molecular formula is C10H12N2O3. The molecule has 0 amide bonds. The molecule has 80 valence electrons. The van der Waals surface area contributed by atoms with Crippen LogP contribution in [0.1, 0.15) is 19.5 Å². The lowest BCUT2D eigenvalue weighted by atomic mass is 10.0. The number of hydrogen-bond acceptors (Lipinski definition) is 4. The van der Waals surface area contributed by atoms with E-state index in [0.717, 1.165) is 6.07 Å². The molecule has 0 aliphatic carbocycles. The molecule has 1 atom stereocenters. The van der Waals surface area contributed by atoms with Gasteiger partial charge in [-0.15, -0.1) is 0 Å². The zero-order chi connectivity index (χ0) is 13.2. The zero-order valence-electron chi connectivity index (χ0n) is 9.86. The molecule has 0 aromatic heterocycles. The van der Waals surface area contributed by atoms with Gasteiger partial charge in [-0.25, -0.2) is 0 Å². The molecular weight excluding hydrogens is 196 g/mol. The van der Waals surface area contributed by atoms with Gasteiger partial charge in [0.15, 0.2) is 5.78 Å². The summed E-state index contributed by atoms with van der Waals surface area (Å²) >= 11 is 0. The van der Waals surface area contributed by atoms with E-state index in [1.165, 1.54) is 6.07 Å². The Morgan fingerprint density at radius 1 is 1.60 bits per heavy atom. The highest BCUT2D eigenvalue weighted by molar-refractivity contribution is 6.02. The number of carboxylic acid groups (broad SMARTS) is 1. The quantitative estimate of drug-likeness (QED) is 0.488. The van der Waals surface area contributed by atoms with E-state index in [0.29, 0.717) is 0 Å². The minimum absolute atomic E-state index is 0.00918. The lowest BCUT2D eigenvalue weighted by Gasteiger charge is -2.07. The van der Waals surface area contributed by atoms with Gasteiger partial charge in [-0.05, 0) is 12.1 Å². The van der Waals surface area contributed by atoms with Crippen molar-refractivity contribution >= 4 is 17.4 Å². The molecule has 5 nitrogen and oxygen atoms in total. The lowest BCUT2D eigenvalue weighted by molar-refractivity contribution is -0.138. The van der Waals surface area contributed by atoms with Crippen LogP contribution in [0, 0.1) is 0 Å². The van der Waals surface area contributed by atoms with E-state index < -0.39 is 24.2 Å². The van der Waals surface area contributed by atoms with Crippen molar-refractivity contribution in [3.8, 4) is 0 Å². The van der Waals surface area contributed by atoms with Crippen molar-refractivity contribution in [2.75, 3.05) is 5.73 Å². The highest BCUT2D eigenvalue weighted by Crippen LogP contribution is 2.13. The van der Waals surface area contributed by atoms with Crippen molar-refractivity contribution in [2.24, 2.45) is 5.73 Å². The summed E-state index contributed by atoms with van der Waals surface area (Å²) in [5.41, 5.74) is 10.7. The first-order valence-corrected chi connectivity index (χ1v) is 4.21. The normalized spacial score (nSPS) is 13.9. The summed E-state index contributed by atoms with van der Waals surface area (Å²) in [4.78, 5) is 22.2. The average Bonchev–Trinajstić information content (AvgIpc) is 2.15. The number of hydrogen-bond donors (Lipinski definition) is 3. The van der Waals surface area contributed by atoms with Crippen LogP contribution in [-0.2, 0) is 4.79 Å². The van der Waals surface area contributed by atoms with Gasteiger partial charge in [0.05, 0.1) is 2.74 Å². The molecule has 0 saturated carbocycles. The average molecular weight is 210 g/mol. The fourth-order valence-electron chi connectivity index (χ4n) is 1.03. The van der Waals surface area contributed by atoms with Gasteiger partial charge >= 0.3 is 5.97 Å². The van der Waals surface area contributed by atoms with Crippen LogP contribution in [0.3, 0.4) is 0 Å². The Balaban J connectivity index is 3.01. The van der Waals surface area contributed by atoms with Gasteiger partial charge in [-0.2, -0.15) is 0 Å². The molecule has 0 saturated heterocycles. The molecule has 1 aromatic rings. The maximum Gasteiger partial charge on any atom is 0.320 e. The standard InChI is InChI=1S/C10H12N2O3/c11-7-4-2-1-3-6(7)9(13)5-8(12)10(14)15/h1-4,8H,5,11-12H2,(H,14,15)/t8-/m0/s1/i2D,3D. The number of anilines is 1. The molecule has 0 fully saturated rings. The predicted molar refractivity (Wildman–Crippen MR) is 55.4 cm³/mol. The van der Waals surface area contributed by atoms with Gasteiger partial charge in [0.2, 0.25) is 0 Å². The number of benzene rings is 1. The minimum atomic E-state index is -1.32. The van der Waals surface area contributed by atoms with E-state index in [1.54, 1.807) is 0 Å². The summed E-state index contributed by atoms with van der Waals surface area (Å²) in [6.45, 7) is 0. The Labute approximate surface area is 89.5 Å². The van der Waals surface area contributed by atoms with E-state index in [4.69, 9.17) is 19.3 Å². The van der Waals surface area contributed by atoms with Crippen molar-refractivity contribution in [2.45, 2.75) is 12.5 Å². The highest BCUT2D eigenvalue weighted by atomic mass is 16.4. The van der Waals surface area contributed by atoms with Crippen LogP contribution in [0.25, 0.3) is 0 Å². The van der Waals surface area contributed by atoms with Gasteiger partial charge in [0.25, 0.3) is 0 Å². The summed E-state index contributed by atoms with van der Waals surface area (Å²) in [5, 5.41) is 8.58. The summed E-state index contributed by atoms with van der Waals surface area (Å²) in [6.07, 6.45) is -0.428. The molecule has 0 spiro atoms. The Morgan fingerprint density at radius 2 is 2.27 bits per heavy atom. The maximum atomic E-state index is 11.7. The van der Waals surface area contributed by atoms with Crippen molar-refractivity contribution in [1.29, 1.82) is 0 Å². The molecule has 0 unspecified atom stereocenters. The second-order valence-corrected chi connectivity index (χ2v) is 3.00. The number of nitrogen functional groups attached to an aromatic ring is 1. The summed E-state index contributed by atoms with van der Waals surface area (Å²) in [6, 6.07) is 0.897. The first-order valence-electron chi connectivity index (χ1n) is 5.21. The second-order valence-electron chi connectivity index (χ2n) is 3.00. The molecule has 0 bridgehead atoms. The first-order chi connectivity index (χ1) is 7.82. The minimum Gasteiger partial charge on any atom is -0.480 e. The van der Waals surface area contributed by atoms with Crippen LogP contribution in [0.4, 0.5) is 5.69 Å². The SMILES string of the molecule is [2H]c1cc([2H])c(C(=O)C[C@H](N)C(=O)O)c(N)c1. The van der Waals surface area contributed by atoms with Crippen molar-refractivity contribution < 1.29 is 17.4 Å². The first kappa shape index (κ1) is 8.43. The van der Waals surface area contributed by atoms with Crippen molar-refractivity contribution in [3.63, 3.8) is 0 Å². The lowest BCUT2D eigenvalue weighted by Crippen LogP contribution is -2.32. The molecule has 1 rings (SSSR count). The largest absolute Gasteiger partial charge is 0.480 e. The van der Waals surface area contributed by atoms with Gasteiger partial charge in [-0.3, -0.25) is 9.59 Å². The number of para-hydroxylation sites is 1. The fourth-order valence-corrected chi connectivity index (χ4v) is 1.03. The predicted octanol–water partition coefficient (Wildman–Crippen LogP) is 0.254. The topological polar surface area (TPSA) is 106 Å². The molecule has 1 aromatic carbocycles. The molecule has 0 aliphatic heterocycles. The number of aliphatic carboxylic acids is 1. The van der Waals surface area contributed by atoms with E-state index in [-0.39, 0.29) is 23.3 Å². The number of nitrogens with two attached hydrogens (primary N) is 2. The van der Waals surface area contributed by atoms with Gasteiger partial charge < -0.3 is 16.6 Å². The number of ketones is 1. The Bertz CT molecular complexity index is 454. The van der Waals surface area contributed by atoms with Crippen molar-refractivity contribution in [1.82, 2.24) is 0 Å². The van der Waals surface area contributed by atoms with E-state index in [2.05, 4.69) is 0 Å². The Morgan fingerprint density at radius 3 is 2.80 bits per heavy atom. The molecule has 5 heteroatoms. The Hall–Kier alpha value is -1.88. The second kappa shape index (κ2) is 4.56. The van der Waals surface area contributed by atoms with Crippen LogP contribution < -0.4 is 11.5 Å². The highest BCUT2D eigenvalue weighted by Gasteiger charge is 2.18.